The van der Waals surface area contributed by atoms with E-state index in [0.29, 0.717) is 24.2 Å². The summed E-state index contributed by atoms with van der Waals surface area (Å²) in [7, 11) is 0. The molecule has 1 amide bonds. The van der Waals surface area contributed by atoms with Crippen molar-refractivity contribution in [2.75, 3.05) is 39.3 Å². The molecular formula is C21H32FN3O. The highest BCUT2D eigenvalue weighted by molar-refractivity contribution is 5.76. The smallest absolute Gasteiger partial charge is 0.222 e. The SMILES string of the molecule is CC(CC(=O)N1CCCN(Cc2ccc(F)cc2)CC1)C1CCCNC1. The Hall–Kier alpha value is -1.46. The number of halogens is 1. The molecule has 26 heavy (non-hydrogen) atoms. The lowest BCUT2D eigenvalue weighted by atomic mass is 9.85. The van der Waals surface area contributed by atoms with Crippen molar-refractivity contribution in [3.05, 3.63) is 35.6 Å². The molecule has 2 aliphatic rings. The monoisotopic (exact) mass is 361 g/mol. The summed E-state index contributed by atoms with van der Waals surface area (Å²) < 4.78 is 13.0. The van der Waals surface area contributed by atoms with Gasteiger partial charge in [0.05, 0.1) is 0 Å². The number of piperidine rings is 1. The van der Waals surface area contributed by atoms with Crippen molar-refractivity contribution in [3.8, 4) is 0 Å². The number of hydrogen-bond donors (Lipinski definition) is 1. The van der Waals surface area contributed by atoms with Gasteiger partial charge in [0.2, 0.25) is 5.91 Å². The third-order valence-electron chi connectivity index (χ3n) is 5.90. The average Bonchev–Trinajstić information content (AvgIpc) is 2.90. The van der Waals surface area contributed by atoms with E-state index in [1.165, 1.54) is 25.0 Å². The molecule has 2 saturated heterocycles. The predicted octanol–water partition coefficient (Wildman–Crippen LogP) is 2.89. The molecule has 0 bridgehead atoms. The second-order valence-corrected chi connectivity index (χ2v) is 7.92. The first-order valence-corrected chi connectivity index (χ1v) is 10.1. The van der Waals surface area contributed by atoms with E-state index in [1.807, 2.05) is 12.1 Å². The van der Waals surface area contributed by atoms with Crippen LogP contribution < -0.4 is 5.32 Å². The van der Waals surface area contributed by atoms with Crippen LogP contribution in [0.15, 0.2) is 24.3 Å². The maximum Gasteiger partial charge on any atom is 0.222 e. The summed E-state index contributed by atoms with van der Waals surface area (Å²) in [6.07, 6.45) is 4.15. The summed E-state index contributed by atoms with van der Waals surface area (Å²) in [6, 6.07) is 6.74. The molecule has 3 rings (SSSR count). The molecule has 2 heterocycles. The second-order valence-electron chi connectivity index (χ2n) is 7.92. The molecule has 1 aromatic rings. The van der Waals surface area contributed by atoms with Gasteiger partial charge in [-0.1, -0.05) is 19.1 Å². The van der Waals surface area contributed by atoms with Crippen LogP contribution in [0, 0.1) is 17.7 Å². The predicted molar refractivity (Wildman–Crippen MR) is 102 cm³/mol. The zero-order valence-corrected chi connectivity index (χ0v) is 15.9. The van der Waals surface area contributed by atoms with Crippen LogP contribution in [0.2, 0.25) is 0 Å². The van der Waals surface area contributed by atoms with E-state index in [4.69, 9.17) is 0 Å². The number of amides is 1. The Morgan fingerprint density at radius 3 is 2.73 bits per heavy atom. The molecule has 0 radical (unpaired) electrons. The molecule has 1 N–H and O–H groups in total. The lowest BCUT2D eigenvalue weighted by Crippen LogP contribution is -2.38. The van der Waals surface area contributed by atoms with Crippen molar-refractivity contribution < 1.29 is 9.18 Å². The van der Waals surface area contributed by atoms with E-state index < -0.39 is 0 Å². The Morgan fingerprint density at radius 1 is 1.19 bits per heavy atom. The van der Waals surface area contributed by atoms with Crippen molar-refractivity contribution in [2.24, 2.45) is 11.8 Å². The fraction of sp³-hybridized carbons (Fsp3) is 0.667. The third kappa shape index (κ3) is 5.52. The molecule has 1 aromatic carbocycles. The minimum Gasteiger partial charge on any atom is -0.341 e. The van der Waals surface area contributed by atoms with Crippen LogP contribution in [0.4, 0.5) is 4.39 Å². The van der Waals surface area contributed by atoms with E-state index in [0.717, 1.165) is 57.8 Å². The van der Waals surface area contributed by atoms with Crippen LogP contribution >= 0.6 is 0 Å². The topological polar surface area (TPSA) is 35.6 Å². The molecule has 4 nitrogen and oxygen atoms in total. The molecule has 2 fully saturated rings. The van der Waals surface area contributed by atoms with Crippen LogP contribution in [0.3, 0.4) is 0 Å². The van der Waals surface area contributed by atoms with Gasteiger partial charge in [-0.25, -0.2) is 4.39 Å². The van der Waals surface area contributed by atoms with Crippen molar-refractivity contribution in [1.82, 2.24) is 15.1 Å². The molecule has 5 heteroatoms. The number of rotatable bonds is 5. The Kier molecular flexibility index (Phi) is 7.03. The highest BCUT2D eigenvalue weighted by atomic mass is 19.1. The minimum absolute atomic E-state index is 0.191. The normalized spacial score (nSPS) is 23.5. The molecule has 2 atom stereocenters. The Balaban J connectivity index is 1.46. The molecule has 0 aromatic heterocycles. The number of hydrogen-bond acceptors (Lipinski definition) is 3. The van der Waals surface area contributed by atoms with Gasteiger partial charge in [-0.2, -0.15) is 0 Å². The minimum atomic E-state index is -0.191. The van der Waals surface area contributed by atoms with E-state index in [1.54, 1.807) is 0 Å². The van der Waals surface area contributed by atoms with Gasteiger partial charge >= 0.3 is 0 Å². The summed E-state index contributed by atoms with van der Waals surface area (Å²) in [4.78, 5) is 17.2. The van der Waals surface area contributed by atoms with E-state index in [9.17, 15) is 9.18 Å². The van der Waals surface area contributed by atoms with Gasteiger partial charge in [-0.15, -0.1) is 0 Å². The van der Waals surface area contributed by atoms with Gasteiger partial charge in [-0.05, 0) is 61.9 Å². The van der Waals surface area contributed by atoms with Crippen molar-refractivity contribution >= 4 is 5.91 Å². The first-order chi connectivity index (χ1) is 12.6. The van der Waals surface area contributed by atoms with Gasteiger partial charge in [0, 0.05) is 39.1 Å². The van der Waals surface area contributed by atoms with E-state index in [2.05, 4.69) is 22.0 Å². The van der Waals surface area contributed by atoms with Crippen LogP contribution in [-0.2, 0) is 11.3 Å². The molecule has 0 aliphatic carbocycles. The first kappa shape index (κ1) is 19.3. The standard InChI is InChI=1S/C21H32FN3O/c1-17(19-4-2-9-23-15-19)14-21(26)25-11-3-10-24(12-13-25)16-18-5-7-20(22)8-6-18/h5-8,17,19,23H,2-4,9-16H2,1H3. The summed E-state index contributed by atoms with van der Waals surface area (Å²) >= 11 is 0. The molecule has 144 valence electrons. The Bertz CT molecular complexity index is 571. The second kappa shape index (κ2) is 9.47. The third-order valence-corrected chi connectivity index (χ3v) is 5.90. The van der Waals surface area contributed by atoms with Crippen LogP contribution in [0.25, 0.3) is 0 Å². The molecule has 2 aliphatic heterocycles. The fourth-order valence-electron chi connectivity index (χ4n) is 4.16. The first-order valence-electron chi connectivity index (χ1n) is 10.1. The number of nitrogens with zero attached hydrogens (tertiary/aromatic N) is 2. The molecule has 0 saturated carbocycles. The molecule has 2 unspecified atom stereocenters. The van der Waals surface area contributed by atoms with Crippen molar-refractivity contribution in [3.63, 3.8) is 0 Å². The summed E-state index contributed by atoms with van der Waals surface area (Å²) in [5, 5.41) is 3.46. The maximum absolute atomic E-state index is 13.0. The van der Waals surface area contributed by atoms with Gasteiger partial charge < -0.3 is 10.2 Å². The highest BCUT2D eigenvalue weighted by Crippen LogP contribution is 2.23. The average molecular weight is 362 g/mol. The van der Waals surface area contributed by atoms with Gasteiger partial charge in [0.25, 0.3) is 0 Å². The van der Waals surface area contributed by atoms with Gasteiger partial charge in [0.15, 0.2) is 0 Å². The zero-order chi connectivity index (χ0) is 18.4. The van der Waals surface area contributed by atoms with Gasteiger partial charge in [0.1, 0.15) is 5.82 Å². The van der Waals surface area contributed by atoms with E-state index in [-0.39, 0.29) is 5.82 Å². The summed E-state index contributed by atoms with van der Waals surface area (Å²) in [5.41, 5.74) is 1.13. The lowest BCUT2D eigenvalue weighted by Gasteiger charge is -2.30. The summed E-state index contributed by atoms with van der Waals surface area (Å²) in [6.45, 7) is 8.77. The number of carbonyl (C=O) groups excluding carboxylic acids is 1. The zero-order valence-electron chi connectivity index (χ0n) is 15.9. The molecular weight excluding hydrogens is 329 g/mol. The number of benzene rings is 1. The fourth-order valence-corrected chi connectivity index (χ4v) is 4.16. The van der Waals surface area contributed by atoms with Crippen molar-refractivity contribution in [2.45, 2.75) is 39.2 Å². The quantitative estimate of drug-likeness (QED) is 0.876. The Labute approximate surface area is 156 Å². The van der Waals surface area contributed by atoms with Crippen LogP contribution in [-0.4, -0.2) is 55.0 Å². The van der Waals surface area contributed by atoms with Gasteiger partial charge in [-0.3, -0.25) is 9.69 Å². The maximum atomic E-state index is 13.0. The van der Waals surface area contributed by atoms with E-state index >= 15 is 0 Å². The largest absolute Gasteiger partial charge is 0.341 e. The van der Waals surface area contributed by atoms with Crippen LogP contribution in [0.1, 0.15) is 38.2 Å². The van der Waals surface area contributed by atoms with Crippen molar-refractivity contribution in [1.29, 1.82) is 0 Å². The van der Waals surface area contributed by atoms with Crippen LogP contribution in [0.5, 0.6) is 0 Å². The number of carbonyl (C=O) groups is 1. The molecule has 0 spiro atoms. The summed E-state index contributed by atoms with van der Waals surface area (Å²) in [5.74, 6) is 1.21. The Morgan fingerprint density at radius 2 is 2.00 bits per heavy atom. The lowest BCUT2D eigenvalue weighted by molar-refractivity contribution is -0.132. The highest BCUT2D eigenvalue weighted by Gasteiger charge is 2.25. The number of nitrogens with one attached hydrogen (secondary N) is 1.